The van der Waals surface area contributed by atoms with Gasteiger partial charge in [0.05, 0.1) is 18.8 Å². The molecule has 29 heavy (non-hydrogen) atoms. The molecule has 3 aromatic heterocycles. The number of pyridine rings is 1. The molecular formula is C22H20BrN5O. The van der Waals surface area contributed by atoms with Crippen LogP contribution in [0.4, 0.5) is 0 Å². The number of aromatic amines is 1. The minimum atomic E-state index is -0.118. The largest absolute Gasteiger partial charge is 0.344 e. The molecule has 0 aliphatic heterocycles. The van der Waals surface area contributed by atoms with Gasteiger partial charge in [0, 0.05) is 16.6 Å². The minimum absolute atomic E-state index is 0.0260. The predicted molar refractivity (Wildman–Crippen MR) is 115 cm³/mol. The van der Waals surface area contributed by atoms with Crippen molar-refractivity contribution in [2.75, 3.05) is 0 Å². The molecule has 0 fully saturated rings. The molecule has 0 saturated heterocycles. The van der Waals surface area contributed by atoms with Gasteiger partial charge in [0.15, 0.2) is 0 Å². The topological polar surface area (TPSA) is 75.6 Å². The van der Waals surface area contributed by atoms with Gasteiger partial charge in [0.2, 0.25) is 0 Å². The number of nitrogens with one attached hydrogen (secondary N) is 2. The first kappa shape index (κ1) is 18.1. The van der Waals surface area contributed by atoms with E-state index in [2.05, 4.69) is 53.1 Å². The smallest absolute Gasteiger partial charge is 0.268 e. The van der Waals surface area contributed by atoms with E-state index in [9.17, 15) is 4.79 Å². The van der Waals surface area contributed by atoms with Crippen molar-refractivity contribution in [3.8, 4) is 0 Å². The zero-order valence-corrected chi connectivity index (χ0v) is 17.3. The Bertz CT molecular complexity index is 1180. The van der Waals surface area contributed by atoms with E-state index in [1.807, 2.05) is 42.6 Å². The Kier molecular flexibility index (Phi) is 4.67. The number of hydrogen-bond acceptors (Lipinski definition) is 3. The molecule has 5 rings (SSSR count). The molecule has 6 nitrogen and oxygen atoms in total. The number of nitrogens with zero attached hydrogens (tertiary/aromatic N) is 3. The van der Waals surface area contributed by atoms with Gasteiger partial charge in [-0.15, -0.1) is 0 Å². The van der Waals surface area contributed by atoms with Gasteiger partial charge in [-0.1, -0.05) is 30.3 Å². The van der Waals surface area contributed by atoms with Crippen LogP contribution in [-0.4, -0.2) is 25.7 Å². The molecule has 4 aromatic rings. The third-order valence-electron chi connectivity index (χ3n) is 5.43. The summed E-state index contributed by atoms with van der Waals surface area (Å²) >= 11 is 3.36. The average Bonchev–Trinajstić information content (AvgIpc) is 3.33. The highest BCUT2D eigenvalue weighted by Crippen LogP contribution is 2.30. The molecule has 0 radical (unpaired) electrons. The lowest BCUT2D eigenvalue weighted by Gasteiger charge is -2.24. The lowest BCUT2D eigenvalue weighted by Crippen LogP contribution is -2.31. The molecular weight excluding hydrogens is 430 g/mol. The maximum absolute atomic E-state index is 12.9. The molecule has 3 heterocycles. The Morgan fingerprint density at radius 1 is 1.24 bits per heavy atom. The molecule has 1 aliphatic carbocycles. The van der Waals surface area contributed by atoms with Crippen molar-refractivity contribution in [3.63, 3.8) is 0 Å². The molecule has 1 aliphatic rings. The predicted octanol–water partition coefficient (Wildman–Crippen LogP) is 4.38. The molecule has 1 unspecified atom stereocenters. The van der Waals surface area contributed by atoms with Crippen LogP contribution in [0.2, 0.25) is 0 Å². The highest BCUT2D eigenvalue weighted by Gasteiger charge is 2.26. The Morgan fingerprint density at radius 3 is 2.97 bits per heavy atom. The quantitative estimate of drug-likeness (QED) is 0.454. The monoisotopic (exact) mass is 449 g/mol. The summed E-state index contributed by atoms with van der Waals surface area (Å²) in [4.78, 5) is 20.4. The Morgan fingerprint density at radius 2 is 2.10 bits per heavy atom. The summed E-state index contributed by atoms with van der Waals surface area (Å²) in [6.07, 6.45) is 4.84. The Hall–Kier alpha value is -2.93. The molecule has 0 spiro atoms. The van der Waals surface area contributed by atoms with Crippen molar-refractivity contribution < 1.29 is 4.79 Å². The van der Waals surface area contributed by atoms with Crippen LogP contribution in [0.1, 0.15) is 46.2 Å². The Labute approximate surface area is 176 Å². The number of H-pyrrole nitrogens is 1. The van der Waals surface area contributed by atoms with E-state index in [4.69, 9.17) is 0 Å². The highest BCUT2D eigenvalue weighted by atomic mass is 79.9. The fourth-order valence-electron chi connectivity index (χ4n) is 4.00. The third kappa shape index (κ3) is 3.58. The van der Waals surface area contributed by atoms with Crippen molar-refractivity contribution in [1.29, 1.82) is 0 Å². The summed E-state index contributed by atoms with van der Waals surface area (Å²) in [7, 11) is 0. The summed E-state index contributed by atoms with van der Waals surface area (Å²) in [6, 6.07) is 15.9. The van der Waals surface area contributed by atoms with Gasteiger partial charge in [-0.2, -0.15) is 5.10 Å². The number of rotatable bonds is 4. The number of fused-ring (bicyclic) bond motifs is 2. The molecule has 2 N–H and O–H groups in total. The zero-order chi connectivity index (χ0) is 19.8. The van der Waals surface area contributed by atoms with Crippen LogP contribution in [0.5, 0.6) is 0 Å². The van der Waals surface area contributed by atoms with E-state index in [0.29, 0.717) is 11.3 Å². The van der Waals surface area contributed by atoms with Gasteiger partial charge in [-0.25, -0.2) is 4.98 Å². The van der Waals surface area contributed by atoms with E-state index < -0.39 is 0 Å². The Balaban J connectivity index is 1.37. The SMILES string of the molecule is O=C(NC1CCCc2c1cnn2Cc1ccccc1)c1cc2ccc(Br)nc2[nH]1. The fraction of sp³-hybridized carbons (Fsp3) is 0.227. The molecule has 1 aromatic carbocycles. The standard InChI is InChI=1S/C22H20BrN5O/c23-20-10-9-15-11-18(25-21(15)27-20)22(29)26-17-7-4-8-19-16(17)12-24-28(19)13-14-5-2-1-3-6-14/h1-3,5-6,9-12,17H,4,7-8,13H2,(H,25,27)(H,26,29). The van der Waals surface area contributed by atoms with Gasteiger partial charge in [0.1, 0.15) is 15.9 Å². The van der Waals surface area contributed by atoms with E-state index in [1.165, 1.54) is 11.3 Å². The highest BCUT2D eigenvalue weighted by molar-refractivity contribution is 9.10. The fourth-order valence-corrected chi connectivity index (χ4v) is 4.31. The second-order valence-electron chi connectivity index (χ2n) is 7.36. The van der Waals surface area contributed by atoms with Crippen molar-refractivity contribution in [3.05, 3.63) is 81.8 Å². The summed E-state index contributed by atoms with van der Waals surface area (Å²) in [5, 5.41) is 8.71. The van der Waals surface area contributed by atoms with Gasteiger partial charge in [-0.05, 0) is 59.0 Å². The third-order valence-corrected chi connectivity index (χ3v) is 5.87. The van der Waals surface area contributed by atoms with Crippen molar-refractivity contribution in [2.45, 2.75) is 31.8 Å². The first-order chi connectivity index (χ1) is 14.2. The first-order valence-corrected chi connectivity index (χ1v) is 10.5. The summed E-state index contributed by atoms with van der Waals surface area (Å²) in [6.45, 7) is 0.749. The maximum atomic E-state index is 12.9. The second kappa shape index (κ2) is 7.48. The normalized spacial score (nSPS) is 16.0. The van der Waals surface area contributed by atoms with Gasteiger partial charge in [-0.3, -0.25) is 9.48 Å². The second-order valence-corrected chi connectivity index (χ2v) is 8.18. The van der Waals surface area contributed by atoms with Crippen LogP contribution in [0.15, 0.2) is 59.3 Å². The summed E-state index contributed by atoms with van der Waals surface area (Å²) < 4.78 is 2.80. The molecule has 1 amide bonds. The molecule has 7 heteroatoms. The van der Waals surface area contributed by atoms with Crippen LogP contribution in [0.25, 0.3) is 11.0 Å². The van der Waals surface area contributed by atoms with Crippen molar-refractivity contribution >= 4 is 32.9 Å². The maximum Gasteiger partial charge on any atom is 0.268 e. The number of halogens is 1. The van der Waals surface area contributed by atoms with E-state index >= 15 is 0 Å². The number of hydrogen-bond donors (Lipinski definition) is 2. The van der Waals surface area contributed by atoms with Gasteiger partial charge >= 0.3 is 0 Å². The van der Waals surface area contributed by atoms with Gasteiger partial charge < -0.3 is 10.3 Å². The number of benzene rings is 1. The van der Waals surface area contributed by atoms with Gasteiger partial charge in [0.25, 0.3) is 5.91 Å². The number of carbonyl (C=O) groups is 1. The summed E-state index contributed by atoms with van der Waals surface area (Å²) in [5.41, 5.74) is 4.78. The summed E-state index contributed by atoms with van der Waals surface area (Å²) in [5.74, 6) is -0.118. The zero-order valence-electron chi connectivity index (χ0n) is 15.7. The average molecular weight is 450 g/mol. The molecule has 1 atom stereocenters. The molecule has 0 saturated carbocycles. The van der Waals surface area contributed by atoms with Crippen LogP contribution in [-0.2, 0) is 13.0 Å². The van der Waals surface area contributed by atoms with Crippen LogP contribution < -0.4 is 5.32 Å². The lowest BCUT2D eigenvalue weighted by molar-refractivity contribution is 0.0928. The van der Waals surface area contributed by atoms with E-state index in [-0.39, 0.29) is 11.9 Å². The number of amides is 1. The molecule has 146 valence electrons. The lowest BCUT2D eigenvalue weighted by atomic mass is 9.92. The number of carbonyl (C=O) groups excluding carboxylic acids is 1. The van der Waals surface area contributed by atoms with E-state index in [0.717, 1.165) is 41.4 Å². The van der Waals surface area contributed by atoms with Crippen LogP contribution >= 0.6 is 15.9 Å². The van der Waals surface area contributed by atoms with Crippen LogP contribution in [0.3, 0.4) is 0 Å². The van der Waals surface area contributed by atoms with Crippen molar-refractivity contribution in [1.82, 2.24) is 25.1 Å². The minimum Gasteiger partial charge on any atom is -0.344 e. The van der Waals surface area contributed by atoms with Crippen molar-refractivity contribution in [2.24, 2.45) is 0 Å². The van der Waals surface area contributed by atoms with Crippen LogP contribution in [0, 0.1) is 0 Å². The van der Waals surface area contributed by atoms with E-state index in [1.54, 1.807) is 0 Å². The molecule has 0 bridgehead atoms. The number of aromatic nitrogens is 4. The first-order valence-electron chi connectivity index (χ1n) is 9.72.